The molecule has 0 fully saturated rings. The van der Waals surface area contributed by atoms with Crippen LogP contribution >= 0.6 is 0 Å². The molecule has 0 aliphatic heterocycles. The molecule has 0 amide bonds. The molecule has 0 spiro atoms. The minimum Gasteiger partial charge on any atom is -0.487 e. The molecule has 1 unspecified atom stereocenters. The topological polar surface area (TPSA) is 83.1 Å². The first-order valence-corrected chi connectivity index (χ1v) is 11.3. The minimum absolute atomic E-state index is 0.324. The van der Waals surface area contributed by atoms with E-state index in [1.54, 1.807) is 0 Å². The summed E-state index contributed by atoms with van der Waals surface area (Å²) in [6.07, 6.45) is -0.658. The Bertz CT molecular complexity index is 1380. The largest absolute Gasteiger partial charge is 0.487 e. The average Bonchev–Trinajstić information content (AvgIpc) is 3.30. The second kappa shape index (κ2) is 9.77. The predicted molar refractivity (Wildman–Crippen MR) is 135 cm³/mol. The summed E-state index contributed by atoms with van der Waals surface area (Å²) in [5.41, 5.74) is 4.53. The van der Waals surface area contributed by atoms with Crippen molar-refractivity contribution in [3.63, 3.8) is 0 Å². The molecule has 170 valence electrons. The third kappa shape index (κ3) is 4.92. The number of hydrogen-bond donors (Lipinski definition) is 3. The third-order valence-corrected chi connectivity index (χ3v) is 5.61. The lowest BCUT2D eigenvalue weighted by Gasteiger charge is -2.14. The highest BCUT2D eigenvalue weighted by atomic mass is 16.5. The van der Waals surface area contributed by atoms with Crippen LogP contribution in [0.4, 0.5) is 5.82 Å². The Hall–Kier alpha value is -4.16. The summed E-state index contributed by atoms with van der Waals surface area (Å²) in [6, 6.07) is 29.4. The van der Waals surface area contributed by atoms with Gasteiger partial charge in [-0.3, -0.25) is 0 Å². The number of anilines is 1. The van der Waals surface area contributed by atoms with Gasteiger partial charge in [-0.1, -0.05) is 72.8 Å². The van der Waals surface area contributed by atoms with Crippen LogP contribution in [0, 0.1) is 6.92 Å². The summed E-state index contributed by atoms with van der Waals surface area (Å²) in [7, 11) is 0. The van der Waals surface area contributed by atoms with Gasteiger partial charge in [-0.2, -0.15) is 0 Å². The SMILES string of the molecule is Cc1cccc(OCc2cc3c(NCC(O)c4ccccc4)nc(-c4ccccc4)nc3[nH]2)c1. The van der Waals surface area contributed by atoms with E-state index in [-0.39, 0.29) is 0 Å². The van der Waals surface area contributed by atoms with E-state index in [2.05, 4.69) is 10.3 Å². The molecule has 0 bridgehead atoms. The van der Waals surface area contributed by atoms with Crippen molar-refractivity contribution < 1.29 is 9.84 Å². The number of benzene rings is 3. The van der Waals surface area contributed by atoms with Crippen molar-refractivity contribution in [1.29, 1.82) is 0 Å². The summed E-state index contributed by atoms with van der Waals surface area (Å²) in [5, 5.41) is 14.8. The van der Waals surface area contributed by atoms with Gasteiger partial charge in [-0.25, -0.2) is 9.97 Å². The number of nitrogens with zero attached hydrogens (tertiary/aromatic N) is 2. The van der Waals surface area contributed by atoms with Gasteiger partial charge < -0.3 is 20.1 Å². The quantitative estimate of drug-likeness (QED) is 0.284. The molecular weight excluding hydrogens is 424 g/mol. The van der Waals surface area contributed by atoms with Crippen LogP contribution in [0.5, 0.6) is 5.75 Å². The minimum atomic E-state index is -0.658. The molecule has 0 aliphatic rings. The van der Waals surface area contributed by atoms with Crippen LogP contribution in [0.1, 0.15) is 22.9 Å². The molecule has 0 saturated heterocycles. The molecule has 0 radical (unpaired) electrons. The number of fused-ring (bicyclic) bond motifs is 1. The number of aromatic nitrogens is 3. The molecule has 6 nitrogen and oxygen atoms in total. The summed E-state index contributed by atoms with van der Waals surface area (Å²) in [6.45, 7) is 2.75. The number of hydrogen-bond acceptors (Lipinski definition) is 5. The molecule has 6 heteroatoms. The summed E-state index contributed by atoms with van der Waals surface area (Å²) in [4.78, 5) is 12.9. The van der Waals surface area contributed by atoms with E-state index in [4.69, 9.17) is 14.7 Å². The molecule has 5 aromatic rings. The van der Waals surface area contributed by atoms with Gasteiger partial charge in [0.25, 0.3) is 0 Å². The van der Waals surface area contributed by atoms with Gasteiger partial charge in [0.15, 0.2) is 5.82 Å². The monoisotopic (exact) mass is 450 g/mol. The maximum absolute atomic E-state index is 10.6. The number of aliphatic hydroxyl groups excluding tert-OH is 1. The van der Waals surface area contributed by atoms with E-state index in [9.17, 15) is 5.11 Å². The molecule has 2 heterocycles. The molecule has 0 saturated carbocycles. The van der Waals surface area contributed by atoms with Crippen molar-refractivity contribution >= 4 is 16.9 Å². The molecule has 34 heavy (non-hydrogen) atoms. The van der Waals surface area contributed by atoms with Gasteiger partial charge >= 0.3 is 0 Å². The van der Waals surface area contributed by atoms with E-state index in [1.807, 2.05) is 97.9 Å². The first-order chi connectivity index (χ1) is 16.7. The standard InChI is InChI=1S/C28H26N4O2/c1-19-9-8-14-23(15-19)34-18-22-16-24-27(29-17-25(33)20-10-4-2-5-11-20)31-26(32-28(24)30-22)21-12-6-3-7-13-21/h2-16,25,33H,17-18H2,1H3,(H2,29,30,31,32). The van der Waals surface area contributed by atoms with E-state index in [0.717, 1.165) is 33.5 Å². The number of aliphatic hydroxyl groups is 1. The van der Waals surface area contributed by atoms with Crippen LogP contribution < -0.4 is 10.1 Å². The first-order valence-electron chi connectivity index (χ1n) is 11.3. The van der Waals surface area contributed by atoms with Crippen molar-refractivity contribution in [3.05, 3.63) is 108 Å². The number of ether oxygens (including phenoxy) is 1. The van der Waals surface area contributed by atoms with Crippen LogP contribution in [0.3, 0.4) is 0 Å². The molecule has 3 N–H and O–H groups in total. The summed E-state index contributed by atoms with van der Waals surface area (Å²) in [5.74, 6) is 2.09. The molecule has 0 aliphatic carbocycles. The average molecular weight is 451 g/mol. The summed E-state index contributed by atoms with van der Waals surface area (Å²) >= 11 is 0. The fraction of sp³-hybridized carbons (Fsp3) is 0.143. The zero-order valence-electron chi connectivity index (χ0n) is 18.9. The summed E-state index contributed by atoms with van der Waals surface area (Å²) < 4.78 is 5.97. The lowest BCUT2D eigenvalue weighted by atomic mass is 10.1. The molecule has 1 atom stereocenters. The molecular formula is C28H26N4O2. The van der Waals surface area contributed by atoms with Gasteiger partial charge in [0.2, 0.25) is 0 Å². The van der Waals surface area contributed by atoms with Crippen molar-refractivity contribution in [3.8, 4) is 17.1 Å². The highest BCUT2D eigenvalue weighted by molar-refractivity contribution is 5.89. The van der Waals surface area contributed by atoms with E-state index in [0.29, 0.717) is 30.4 Å². The Kier molecular flexibility index (Phi) is 6.23. The van der Waals surface area contributed by atoms with Crippen LogP contribution in [0.2, 0.25) is 0 Å². The number of nitrogens with one attached hydrogen (secondary N) is 2. The molecule has 5 rings (SSSR count). The normalized spacial score (nSPS) is 11.9. The van der Waals surface area contributed by atoms with Crippen molar-refractivity contribution in [2.75, 3.05) is 11.9 Å². The molecule has 3 aromatic carbocycles. The fourth-order valence-corrected chi connectivity index (χ4v) is 3.85. The maximum Gasteiger partial charge on any atom is 0.163 e. The zero-order chi connectivity index (χ0) is 23.3. The zero-order valence-corrected chi connectivity index (χ0v) is 18.9. The Morgan fingerprint density at radius 1 is 0.912 bits per heavy atom. The van der Waals surface area contributed by atoms with Gasteiger partial charge in [0, 0.05) is 12.1 Å². The van der Waals surface area contributed by atoms with Crippen LogP contribution in [0.15, 0.2) is 91.0 Å². The lowest BCUT2D eigenvalue weighted by Crippen LogP contribution is -2.13. The van der Waals surface area contributed by atoms with Crippen LogP contribution in [-0.4, -0.2) is 26.6 Å². The van der Waals surface area contributed by atoms with Gasteiger partial charge in [-0.05, 0) is 36.2 Å². The van der Waals surface area contributed by atoms with Gasteiger partial charge in [0.05, 0.1) is 17.2 Å². The Morgan fingerprint density at radius 2 is 1.68 bits per heavy atom. The van der Waals surface area contributed by atoms with Crippen molar-refractivity contribution in [2.24, 2.45) is 0 Å². The number of aryl methyl sites for hydroxylation is 1. The van der Waals surface area contributed by atoms with Crippen molar-refractivity contribution in [2.45, 2.75) is 19.6 Å². The Balaban J connectivity index is 1.44. The Labute approximate surface area is 198 Å². The third-order valence-electron chi connectivity index (χ3n) is 5.61. The van der Waals surface area contributed by atoms with Gasteiger partial charge in [0.1, 0.15) is 23.8 Å². The van der Waals surface area contributed by atoms with Crippen molar-refractivity contribution in [1.82, 2.24) is 15.0 Å². The highest BCUT2D eigenvalue weighted by Crippen LogP contribution is 2.27. The number of H-pyrrole nitrogens is 1. The smallest absolute Gasteiger partial charge is 0.163 e. The predicted octanol–water partition coefficient (Wildman–Crippen LogP) is 5.66. The van der Waals surface area contributed by atoms with Crippen LogP contribution in [-0.2, 0) is 6.61 Å². The second-order valence-electron chi connectivity index (χ2n) is 8.23. The maximum atomic E-state index is 10.6. The van der Waals surface area contributed by atoms with E-state index in [1.165, 1.54) is 0 Å². The fourth-order valence-electron chi connectivity index (χ4n) is 3.85. The molecule has 2 aromatic heterocycles. The first kappa shape index (κ1) is 21.7. The van der Waals surface area contributed by atoms with Gasteiger partial charge in [-0.15, -0.1) is 0 Å². The lowest BCUT2D eigenvalue weighted by molar-refractivity contribution is 0.191. The number of aromatic amines is 1. The van der Waals surface area contributed by atoms with Crippen LogP contribution in [0.25, 0.3) is 22.4 Å². The van der Waals surface area contributed by atoms with E-state index < -0.39 is 6.10 Å². The Morgan fingerprint density at radius 3 is 2.44 bits per heavy atom. The number of rotatable bonds is 8. The highest BCUT2D eigenvalue weighted by Gasteiger charge is 2.15. The second-order valence-corrected chi connectivity index (χ2v) is 8.23. The van der Waals surface area contributed by atoms with E-state index >= 15 is 0 Å².